The number of morpholine rings is 1. The second kappa shape index (κ2) is 9.44. The summed E-state index contributed by atoms with van der Waals surface area (Å²) in [6.07, 6.45) is 0. The number of aryl methyl sites for hydroxylation is 1. The van der Waals surface area contributed by atoms with Gasteiger partial charge in [0, 0.05) is 26.2 Å². The van der Waals surface area contributed by atoms with Gasteiger partial charge in [-0.1, -0.05) is 41.7 Å². The van der Waals surface area contributed by atoms with Gasteiger partial charge >= 0.3 is 0 Å². The number of hydrogen-bond acceptors (Lipinski definition) is 7. The molecule has 0 spiro atoms. The van der Waals surface area contributed by atoms with Gasteiger partial charge in [0.25, 0.3) is 0 Å². The van der Waals surface area contributed by atoms with Crippen LogP contribution in [0.5, 0.6) is 0 Å². The molecule has 0 saturated carbocycles. The first-order chi connectivity index (χ1) is 14.9. The number of aromatic nitrogens is 1. The summed E-state index contributed by atoms with van der Waals surface area (Å²) in [5.41, 5.74) is 1.87. The van der Waals surface area contributed by atoms with Gasteiger partial charge in [0.1, 0.15) is 5.75 Å². The van der Waals surface area contributed by atoms with Crippen LogP contribution in [0.15, 0.2) is 53.4 Å². The minimum atomic E-state index is -3.74. The Hall–Kier alpha value is -2.33. The SMILES string of the molecule is Cc1cccc2sc(N(CCN3CCOCC3)C(=O)CS(=O)(=O)c3ccccc3)nc12. The number of carbonyl (C=O) groups is 1. The van der Waals surface area contributed by atoms with Crippen molar-refractivity contribution in [2.75, 3.05) is 50.0 Å². The van der Waals surface area contributed by atoms with E-state index in [1.807, 2.05) is 25.1 Å². The van der Waals surface area contributed by atoms with Crippen molar-refractivity contribution in [3.63, 3.8) is 0 Å². The van der Waals surface area contributed by atoms with Gasteiger partial charge in [-0.15, -0.1) is 0 Å². The van der Waals surface area contributed by atoms with Crippen LogP contribution in [0, 0.1) is 6.92 Å². The molecule has 9 heteroatoms. The summed E-state index contributed by atoms with van der Waals surface area (Å²) in [6, 6.07) is 14.0. The van der Waals surface area contributed by atoms with Crippen molar-refractivity contribution in [3.05, 3.63) is 54.1 Å². The van der Waals surface area contributed by atoms with Crippen molar-refractivity contribution in [2.45, 2.75) is 11.8 Å². The number of rotatable bonds is 7. The quantitative estimate of drug-likeness (QED) is 0.541. The first kappa shape index (κ1) is 21.9. The third-order valence-corrected chi connectivity index (χ3v) is 7.96. The number of carbonyl (C=O) groups excluding carboxylic acids is 1. The Kier molecular flexibility index (Phi) is 6.66. The number of hydrogen-bond donors (Lipinski definition) is 0. The number of benzene rings is 2. The molecule has 0 N–H and O–H groups in total. The highest BCUT2D eigenvalue weighted by atomic mass is 32.2. The van der Waals surface area contributed by atoms with Crippen molar-refractivity contribution in [1.82, 2.24) is 9.88 Å². The van der Waals surface area contributed by atoms with E-state index in [4.69, 9.17) is 4.74 Å². The van der Waals surface area contributed by atoms with E-state index >= 15 is 0 Å². The zero-order valence-corrected chi connectivity index (χ0v) is 19.0. The molecule has 1 aliphatic rings. The summed E-state index contributed by atoms with van der Waals surface area (Å²) in [6.45, 7) is 5.91. The van der Waals surface area contributed by atoms with E-state index in [2.05, 4.69) is 9.88 Å². The van der Waals surface area contributed by atoms with Crippen molar-refractivity contribution >= 4 is 42.4 Å². The molecule has 0 unspecified atom stereocenters. The lowest BCUT2D eigenvalue weighted by atomic mass is 10.2. The predicted octanol–water partition coefficient (Wildman–Crippen LogP) is 2.74. The average molecular weight is 460 g/mol. The summed E-state index contributed by atoms with van der Waals surface area (Å²) in [5, 5.41) is 0.533. The van der Waals surface area contributed by atoms with Crippen molar-refractivity contribution in [3.8, 4) is 0 Å². The second-order valence-electron chi connectivity index (χ2n) is 7.49. The van der Waals surface area contributed by atoms with Gasteiger partial charge in [-0.3, -0.25) is 14.6 Å². The Bertz CT molecular complexity index is 1160. The Morgan fingerprint density at radius 3 is 2.58 bits per heavy atom. The first-order valence-electron chi connectivity index (χ1n) is 10.2. The lowest BCUT2D eigenvalue weighted by Crippen LogP contribution is -2.44. The fourth-order valence-corrected chi connectivity index (χ4v) is 5.84. The number of amides is 1. The topological polar surface area (TPSA) is 79.8 Å². The number of nitrogens with zero attached hydrogens (tertiary/aromatic N) is 3. The van der Waals surface area contributed by atoms with Crippen LogP contribution in [-0.2, 0) is 19.4 Å². The molecular formula is C22H25N3O4S2. The maximum atomic E-state index is 13.2. The molecule has 1 aromatic heterocycles. The lowest BCUT2D eigenvalue weighted by molar-refractivity contribution is -0.116. The van der Waals surface area contributed by atoms with Crippen LogP contribution in [0.4, 0.5) is 5.13 Å². The molecule has 0 bridgehead atoms. The average Bonchev–Trinajstić information content (AvgIpc) is 3.20. The van der Waals surface area contributed by atoms with Gasteiger partial charge in [0.05, 0.1) is 28.3 Å². The summed E-state index contributed by atoms with van der Waals surface area (Å²) in [5.74, 6) is -1.05. The third kappa shape index (κ3) is 5.12. The monoisotopic (exact) mass is 459 g/mol. The summed E-state index contributed by atoms with van der Waals surface area (Å²) >= 11 is 1.41. The molecule has 2 heterocycles. The molecule has 164 valence electrons. The van der Waals surface area contributed by atoms with Gasteiger partial charge < -0.3 is 4.74 Å². The van der Waals surface area contributed by atoms with E-state index in [1.165, 1.54) is 28.4 Å². The molecule has 1 aliphatic heterocycles. The summed E-state index contributed by atoms with van der Waals surface area (Å²) in [7, 11) is -3.74. The Balaban J connectivity index is 1.60. The van der Waals surface area contributed by atoms with Gasteiger partial charge in [0.2, 0.25) is 5.91 Å². The van der Waals surface area contributed by atoms with Crippen LogP contribution in [0.2, 0.25) is 0 Å². The van der Waals surface area contributed by atoms with Crippen molar-refractivity contribution in [2.24, 2.45) is 0 Å². The maximum absolute atomic E-state index is 13.2. The van der Waals surface area contributed by atoms with Crippen LogP contribution in [0.3, 0.4) is 0 Å². The highest BCUT2D eigenvalue weighted by Gasteiger charge is 2.27. The van der Waals surface area contributed by atoms with Gasteiger partial charge in [-0.25, -0.2) is 13.4 Å². The number of anilines is 1. The number of thiazole rings is 1. The molecule has 31 heavy (non-hydrogen) atoms. The highest BCUT2D eigenvalue weighted by Crippen LogP contribution is 2.31. The minimum Gasteiger partial charge on any atom is -0.379 e. The molecule has 0 radical (unpaired) electrons. The van der Waals surface area contributed by atoms with Crippen LogP contribution in [0.1, 0.15) is 5.56 Å². The van der Waals surface area contributed by atoms with Crippen LogP contribution in [0.25, 0.3) is 10.2 Å². The second-order valence-corrected chi connectivity index (χ2v) is 10.5. The lowest BCUT2D eigenvalue weighted by Gasteiger charge is -2.29. The zero-order chi connectivity index (χ0) is 21.8. The van der Waals surface area contributed by atoms with E-state index in [1.54, 1.807) is 18.2 Å². The van der Waals surface area contributed by atoms with E-state index in [0.717, 1.165) is 28.9 Å². The molecule has 4 rings (SSSR count). The largest absolute Gasteiger partial charge is 0.379 e. The summed E-state index contributed by atoms with van der Waals surface area (Å²) in [4.78, 5) is 21.8. The molecule has 1 saturated heterocycles. The third-order valence-electron chi connectivity index (χ3n) is 5.30. The van der Waals surface area contributed by atoms with E-state index in [-0.39, 0.29) is 4.90 Å². The fourth-order valence-electron chi connectivity index (χ4n) is 3.53. The Labute approximate surface area is 186 Å². The van der Waals surface area contributed by atoms with E-state index < -0.39 is 21.5 Å². The fraction of sp³-hybridized carbons (Fsp3) is 0.364. The van der Waals surface area contributed by atoms with Crippen molar-refractivity contribution < 1.29 is 17.9 Å². The van der Waals surface area contributed by atoms with E-state index in [0.29, 0.717) is 31.4 Å². The molecular weight excluding hydrogens is 434 g/mol. The van der Waals surface area contributed by atoms with Crippen molar-refractivity contribution in [1.29, 1.82) is 0 Å². The predicted molar refractivity (Wildman–Crippen MR) is 122 cm³/mol. The molecule has 1 amide bonds. The number of para-hydroxylation sites is 1. The normalized spacial score (nSPS) is 15.3. The number of fused-ring (bicyclic) bond motifs is 1. The van der Waals surface area contributed by atoms with Crippen LogP contribution < -0.4 is 4.90 Å². The maximum Gasteiger partial charge on any atom is 0.244 e. The standard InChI is InChI=1S/C22H25N3O4S2/c1-17-6-5-9-19-21(17)23-22(30-19)25(11-10-24-12-14-29-15-13-24)20(26)16-31(27,28)18-7-3-2-4-8-18/h2-9H,10-16H2,1H3. The molecule has 3 aromatic rings. The van der Waals surface area contributed by atoms with Gasteiger partial charge in [0.15, 0.2) is 15.0 Å². The first-order valence-corrected chi connectivity index (χ1v) is 12.7. The summed E-state index contributed by atoms with van der Waals surface area (Å²) < 4.78 is 32.0. The van der Waals surface area contributed by atoms with Gasteiger partial charge in [-0.05, 0) is 30.7 Å². The van der Waals surface area contributed by atoms with Crippen LogP contribution >= 0.6 is 11.3 Å². The number of ether oxygens (including phenoxy) is 1. The smallest absolute Gasteiger partial charge is 0.244 e. The minimum absolute atomic E-state index is 0.150. The Morgan fingerprint density at radius 1 is 1.13 bits per heavy atom. The Morgan fingerprint density at radius 2 is 1.87 bits per heavy atom. The zero-order valence-electron chi connectivity index (χ0n) is 17.4. The molecule has 7 nitrogen and oxygen atoms in total. The molecule has 2 aromatic carbocycles. The molecule has 0 atom stereocenters. The van der Waals surface area contributed by atoms with Gasteiger partial charge in [-0.2, -0.15) is 0 Å². The molecule has 1 fully saturated rings. The van der Waals surface area contributed by atoms with Crippen LogP contribution in [-0.4, -0.2) is 69.4 Å². The number of sulfone groups is 1. The highest BCUT2D eigenvalue weighted by molar-refractivity contribution is 7.92. The molecule has 0 aliphatic carbocycles. The van der Waals surface area contributed by atoms with E-state index in [9.17, 15) is 13.2 Å².